The molecule has 7 heteroatoms. The summed E-state index contributed by atoms with van der Waals surface area (Å²) in [6.45, 7) is 0. The predicted molar refractivity (Wildman–Crippen MR) is 84.0 cm³/mol. The number of methoxy groups -OCH3 is 1. The van der Waals surface area contributed by atoms with Crippen LogP contribution < -0.4 is 4.74 Å². The molecule has 0 unspecified atom stereocenters. The Bertz CT molecular complexity index is 770. The summed E-state index contributed by atoms with van der Waals surface area (Å²) in [4.78, 5) is 11.9. The maximum Gasteiger partial charge on any atom is 0.340 e. The molecule has 0 N–H and O–H groups in total. The summed E-state index contributed by atoms with van der Waals surface area (Å²) in [5.41, 5.74) is -0.351. The molecule has 4 nitrogen and oxygen atoms in total. The van der Waals surface area contributed by atoms with Crippen molar-refractivity contribution < 1.29 is 14.3 Å². The van der Waals surface area contributed by atoms with E-state index in [2.05, 4.69) is 4.74 Å². The zero-order chi connectivity index (χ0) is 16.3. The van der Waals surface area contributed by atoms with Crippen LogP contribution in [0, 0.1) is 11.3 Å². The molecule has 0 spiro atoms. The smallest absolute Gasteiger partial charge is 0.340 e. The molecule has 2 aromatic rings. The molecule has 22 heavy (non-hydrogen) atoms. The lowest BCUT2D eigenvalue weighted by Crippen LogP contribution is -2.07. The molecule has 0 aliphatic carbocycles. The highest BCUT2D eigenvalue weighted by atomic mass is 35.5. The van der Waals surface area contributed by atoms with Crippen molar-refractivity contribution in [1.82, 2.24) is 0 Å². The third-order valence-corrected chi connectivity index (χ3v) is 3.94. The monoisotopic (exact) mass is 355 g/mol. The Hall–Kier alpha value is -1.93. The Morgan fingerprint density at radius 2 is 1.73 bits per heavy atom. The highest BCUT2D eigenvalue weighted by Gasteiger charge is 2.27. The number of halogens is 3. The van der Waals surface area contributed by atoms with Crippen LogP contribution in [0.3, 0.4) is 0 Å². The van der Waals surface area contributed by atoms with Crippen molar-refractivity contribution in [2.45, 2.75) is 0 Å². The molecule has 0 heterocycles. The zero-order valence-electron chi connectivity index (χ0n) is 11.2. The minimum Gasteiger partial charge on any atom is -0.465 e. The maximum absolute atomic E-state index is 11.9. The summed E-state index contributed by atoms with van der Waals surface area (Å²) in [6.07, 6.45) is 0. The molecular weight excluding hydrogens is 349 g/mol. The van der Waals surface area contributed by atoms with Gasteiger partial charge in [0.15, 0.2) is 5.75 Å². The number of carbonyl (C=O) groups excluding carboxylic acids is 1. The standard InChI is InChI=1S/C15H8Cl3NO3/c1-21-15(20)10-9(7-19)11(16)13(18)14(12(10)17)22-8-5-3-2-4-6-8/h2-6H,1H3. The van der Waals surface area contributed by atoms with Crippen LogP contribution in [0.5, 0.6) is 11.5 Å². The molecule has 0 fully saturated rings. The zero-order valence-corrected chi connectivity index (χ0v) is 13.5. The number of rotatable bonds is 3. The van der Waals surface area contributed by atoms with Gasteiger partial charge in [-0.2, -0.15) is 5.26 Å². The number of para-hydroxylation sites is 1. The summed E-state index contributed by atoms with van der Waals surface area (Å²) in [7, 11) is 1.17. The van der Waals surface area contributed by atoms with Crippen molar-refractivity contribution in [1.29, 1.82) is 5.26 Å². The minimum absolute atomic E-state index is 0.0149. The first-order valence-electron chi connectivity index (χ1n) is 5.93. The van der Waals surface area contributed by atoms with E-state index < -0.39 is 5.97 Å². The highest BCUT2D eigenvalue weighted by molar-refractivity contribution is 6.46. The van der Waals surface area contributed by atoms with Gasteiger partial charge in [0.25, 0.3) is 0 Å². The van der Waals surface area contributed by atoms with Crippen LogP contribution in [0.4, 0.5) is 0 Å². The molecule has 0 bridgehead atoms. The molecule has 0 amide bonds. The number of esters is 1. The van der Waals surface area contributed by atoms with Crippen LogP contribution in [0.15, 0.2) is 30.3 Å². The molecule has 0 radical (unpaired) electrons. The van der Waals surface area contributed by atoms with Crippen molar-refractivity contribution in [2.75, 3.05) is 7.11 Å². The number of carbonyl (C=O) groups is 1. The first kappa shape index (κ1) is 16.4. The fraction of sp³-hybridized carbons (Fsp3) is 0.0667. The Labute approximate surface area is 141 Å². The molecule has 0 atom stereocenters. The van der Waals surface area contributed by atoms with Crippen LogP contribution >= 0.6 is 34.8 Å². The van der Waals surface area contributed by atoms with Gasteiger partial charge in [-0.1, -0.05) is 53.0 Å². The van der Waals surface area contributed by atoms with Crippen molar-refractivity contribution >= 4 is 40.8 Å². The topological polar surface area (TPSA) is 59.3 Å². The number of hydrogen-bond acceptors (Lipinski definition) is 4. The van der Waals surface area contributed by atoms with E-state index in [1.165, 1.54) is 7.11 Å². The Morgan fingerprint density at radius 3 is 2.27 bits per heavy atom. The lowest BCUT2D eigenvalue weighted by molar-refractivity contribution is 0.0600. The van der Waals surface area contributed by atoms with E-state index >= 15 is 0 Å². The lowest BCUT2D eigenvalue weighted by Gasteiger charge is -2.15. The van der Waals surface area contributed by atoms with Crippen LogP contribution in [0.25, 0.3) is 0 Å². The van der Waals surface area contributed by atoms with Crippen molar-refractivity contribution in [3.05, 3.63) is 56.5 Å². The van der Waals surface area contributed by atoms with Crippen LogP contribution in [-0.4, -0.2) is 13.1 Å². The van der Waals surface area contributed by atoms with Gasteiger partial charge in [0.1, 0.15) is 27.4 Å². The van der Waals surface area contributed by atoms with E-state index in [1.807, 2.05) is 6.07 Å². The van der Waals surface area contributed by atoms with E-state index in [0.29, 0.717) is 5.75 Å². The van der Waals surface area contributed by atoms with Gasteiger partial charge in [-0.15, -0.1) is 0 Å². The first-order chi connectivity index (χ1) is 10.5. The third kappa shape index (κ3) is 2.97. The molecule has 0 aliphatic rings. The second-order valence-electron chi connectivity index (χ2n) is 4.04. The summed E-state index contributed by atoms with van der Waals surface area (Å²) in [5, 5.41) is 8.85. The number of nitrogens with zero attached hydrogens (tertiary/aromatic N) is 1. The van der Waals surface area contributed by atoms with E-state index in [-0.39, 0.29) is 31.9 Å². The molecule has 2 aromatic carbocycles. The number of hydrogen-bond donors (Lipinski definition) is 0. The van der Waals surface area contributed by atoms with Gasteiger partial charge in [-0.05, 0) is 12.1 Å². The Balaban J connectivity index is 2.67. The van der Waals surface area contributed by atoms with Crippen LogP contribution in [0.1, 0.15) is 15.9 Å². The summed E-state index contributed by atoms with van der Waals surface area (Å²) >= 11 is 18.3. The first-order valence-corrected chi connectivity index (χ1v) is 7.06. The minimum atomic E-state index is -0.807. The normalized spacial score (nSPS) is 9.95. The van der Waals surface area contributed by atoms with Crippen LogP contribution in [-0.2, 0) is 4.74 Å². The van der Waals surface area contributed by atoms with E-state index in [9.17, 15) is 10.1 Å². The van der Waals surface area contributed by atoms with Crippen molar-refractivity contribution in [2.24, 2.45) is 0 Å². The van der Waals surface area contributed by atoms with Gasteiger partial charge in [0.05, 0.1) is 17.7 Å². The van der Waals surface area contributed by atoms with Gasteiger partial charge >= 0.3 is 5.97 Å². The average Bonchev–Trinajstić information content (AvgIpc) is 2.55. The average molecular weight is 357 g/mol. The maximum atomic E-state index is 11.9. The van der Waals surface area contributed by atoms with Crippen molar-refractivity contribution in [3.63, 3.8) is 0 Å². The van der Waals surface area contributed by atoms with E-state index in [0.717, 1.165) is 0 Å². The molecule has 0 saturated carbocycles. The molecule has 2 rings (SSSR count). The molecule has 112 valence electrons. The molecule has 0 saturated heterocycles. The van der Waals surface area contributed by atoms with Gasteiger partial charge in [0, 0.05) is 0 Å². The predicted octanol–water partition coefficient (Wildman–Crippen LogP) is 5.10. The second kappa shape index (κ2) is 6.89. The fourth-order valence-corrected chi connectivity index (χ4v) is 2.54. The quantitative estimate of drug-likeness (QED) is 0.567. The summed E-state index contributed by atoms with van der Waals surface area (Å²) in [6, 6.07) is 10.5. The van der Waals surface area contributed by atoms with Crippen LogP contribution in [0.2, 0.25) is 15.1 Å². The van der Waals surface area contributed by atoms with E-state index in [4.69, 9.17) is 39.5 Å². The second-order valence-corrected chi connectivity index (χ2v) is 5.17. The third-order valence-electron chi connectivity index (χ3n) is 2.74. The molecule has 0 aliphatic heterocycles. The molecule has 0 aromatic heterocycles. The Kier molecular flexibility index (Phi) is 5.15. The highest BCUT2D eigenvalue weighted by Crippen LogP contribution is 2.45. The number of benzene rings is 2. The van der Waals surface area contributed by atoms with Gasteiger partial charge in [-0.3, -0.25) is 0 Å². The number of ether oxygens (including phenoxy) is 2. The summed E-state index contributed by atoms with van der Waals surface area (Å²) in [5.74, 6) is -0.375. The van der Waals surface area contributed by atoms with E-state index in [1.54, 1.807) is 30.3 Å². The lowest BCUT2D eigenvalue weighted by atomic mass is 10.1. The van der Waals surface area contributed by atoms with Gasteiger partial charge in [0.2, 0.25) is 0 Å². The largest absolute Gasteiger partial charge is 0.465 e. The van der Waals surface area contributed by atoms with Crippen molar-refractivity contribution in [3.8, 4) is 17.6 Å². The SMILES string of the molecule is COC(=O)c1c(Cl)c(Oc2ccccc2)c(Cl)c(Cl)c1C#N. The fourth-order valence-electron chi connectivity index (χ4n) is 1.73. The van der Waals surface area contributed by atoms with Gasteiger partial charge < -0.3 is 9.47 Å². The van der Waals surface area contributed by atoms with Gasteiger partial charge in [-0.25, -0.2) is 4.79 Å². The Morgan fingerprint density at radius 1 is 1.09 bits per heavy atom. The number of nitriles is 1. The summed E-state index contributed by atoms with van der Waals surface area (Å²) < 4.78 is 10.2. The molecular formula is C15H8Cl3NO3.